The average molecular weight is 196 g/mol. The molecule has 1 aromatic rings. The van der Waals surface area contributed by atoms with E-state index >= 15 is 0 Å². The number of nitrogens with zero attached hydrogens (tertiary/aromatic N) is 1. The number of halogens is 3. The summed E-state index contributed by atoms with van der Waals surface area (Å²) in [5.74, 6) is 0. The number of aromatic nitrogens is 1. The van der Waals surface area contributed by atoms with Crippen LogP contribution in [0, 0.1) is 6.92 Å². The van der Waals surface area contributed by atoms with Gasteiger partial charge in [-0.3, -0.25) is 0 Å². The Morgan fingerprint density at radius 1 is 1.58 bits per heavy atom. The van der Waals surface area contributed by atoms with E-state index in [1.54, 1.807) is 6.92 Å². The van der Waals surface area contributed by atoms with Gasteiger partial charge in [-0.1, -0.05) is 0 Å². The number of hydrogen-bond donors (Lipinski definition) is 1. The molecule has 2 nitrogen and oxygen atoms in total. The number of hydrogen-bond acceptors (Lipinski definition) is 3. The van der Waals surface area contributed by atoms with E-state index in [0.717, 1.165) is 11.3 Å². The zero-order valence-electron chi connectivity index (χ0n) is 6.22. The van der Waals surface area contributed by atoms with Gasteiger partial charge in [0.15, 0.2) is 0 Å². The van der Waals surface area contributed by atoms with Crippen molar-refractivity contribution in [1.29, 1.82) is 0 Å². The summed E-state index contributed by atoms with van der Waals surface area (Å²) in [7, 11) is 0. The van der Waals surface area contributed by atoms with Gasteiger partial charge < -0.3 is 5.73 Å². The molecule has 0 radical (unpaired) electrons. The van der Waals surface area contributed by atoms with Crippen LogP contribution in [-0.4, -0.2) is 11.2 Å². The lowest BCUT2D eigenvalue weighted by Gasteiger charge is -2.12. The number of alkyl halides is 3. The van der Waals surface area contributed by atoms with Gasteiger partial charge in [-0.25, -0.2) is 4.98 Å². The number of thiazole rings is 1. The largest absolute Gasteiger partial charge is 0.409 e. The van der Waals surface area contributed by atoms with Gasteiger partial charge in [0.1, 0.15) is 6.04 Å². The first-order chi connectivity index (χ1) is 5.41. The van der Waals surface area contributed by atoms with E-state index in [2.05, 4.69) is 4.98 Å². The molecule has 0 amide bonds. The molecule has 0 aliphatic carbocycles. The fourth-order valence-corrected chi connectivity index (χ4v) is 1.34. The van der Waals surface area contributed by atoms with Crippen LogP contribution in [0.15, 0.2) is 5.38 Å². The third-order valence-corrected chi connectivity index (χ3v) is 2.10. The molecule has 1 atom stereocenters. The van der Waals surface area contributed by atoms with Crippen LogP contribution in [0.4, 0.5) is 13.2 Å². The van der Waals surface area contributed by atoms with Crippen LogP contribution >= 0.6 is 11.3 Å². The first-order valence-corrected chi connectivity index (χ1v) is 4.03. The Balaban J connectivity index is 2.85. The third kappa shape index (κ3) is 1.95. The molecule has 0 saturated heterocycles. The highest BCUT2D eigenvalue weighted by molar-refractivity contribution is 7.09. The number of rotatable bonds is 1. The van der Waals surface area contributed by atoms with Gasteiger partial charge in [0.25, 0.3) is 0 Å². The van der Waals surface area contributed by atoms with E-state index in [4.69, 9.17) is 5.73 Å². The summed E-state index contributed by atoms with van der Waals surface area (Å²) in [6.45, 7) is 1.64. The Labute approximate surface area is 71.2 Å². The van der Waals surface area contributed by atoms with Crippen molar-refractivity contribution >= 4 is 11.3 Å². The monoisotopic (exact) mass is 196 g/mol. The molecule has 0 spiro atoms. The zero-order chi connectivity index (χ0) is 9.35. The Morgan fingerprint density at radius 3 is 2.50 bits per heavy atom. The van der Waals surface area contributed by atoms with Gasteiger partial charge in [-0.05, 0) is 6.92 Å². The fourth-order valence-electron chi connectivity index (χ4n) is 0.691. The number of aryl methyl sites for hydroxylation is 1. The molecule has 1 heterocycles. The van der Waals surface area contributed by atoms with Gasteiger partial charge in [0, 0.05) is 5.38 Å². The maximum Gasteiger partial charge on any atom is 0.409 e. The van der Waals surface area contributed by atoms with Crippen LogP contribution in [-0.2, 0) is 0 Å². The third-order valence-electron chi connectivity index (χ3n) is 1.31. The average Bonchev–Trinajstić information content (AvgIpc) is 2.32. The minimum atomic E-state index is -4.40. The molecule has 6 heteroatoms. The lowest BCUT2D eigenvalue weighted by atomic mass is 10.2. The Bertz CT molecular complexity index is 268. The molecular weight excluding hydrogens is 189 g/mol. The molecule has 0 fully saturated rings. The SMILES string of the molecule is Cc1nc([C@H](N)C(F)(F)F)cs1. The minimum absolute atomic E-state index is 0.106. The molecule has 0 saturated carbocycles. The van der Waals surface area contributed by atoms with Gasteiger partial charge >= 0.3 is 6.18 Å². The first kappa shape index (κ1) is 9.47. The summed E-state index contributed by atoms with van der Waals surface area (Å²) in [5, 5.41) is 1.91. The predicted molar refractivity (Wildman–Crippen MR) is 39.8 cm³/mol. The van der Waals surface area contributed by atoms with Crippen molar-refractivity contribution in [3.63, 3.8) is 0 Å². The van der Waals surface area contributed by atoms with Crippen molar-refractivity contribution < 1.29 is 13.2 Å². The van der Waals surface area contributed by atoms with Crippen molar-refractivity contribution in [2.24, 2.45) is 5.73 Å². The van der Waals surface area contributed by atoms with Crippen molar-refractivity contribution in [2.75, 3.05) is 0 Å². The summed E-state index contributed by atoms with van der Waals surface area (Å²) in [6, 6.07) is -1.96. The highest BCUT2D eigenvalue weighted by Crippen LogP contribution is 2.30. The van der Waals surface area contributed by atoms with Crippen LogP contribution in [0.5, 0.6) is 0 Å². The molecular formula is C6H7F3N2S. The van der Waals surface area contributed by atoms with Crippen molar-refractivity contribution in [2.45, 2.75) is 19.1 Å². The molecule has 1 rings (SSSR count). The van der Waals surface area contributed by atoms with Crippen molar-refractivity contribution in [3.05, 3.63) is 16.1 Å². The van der Waals surface area contributed by atoms with E-state index in [9.17, 15) is 13.2 Å². The molecule has 0 bridgehead atoms. The Hall–Kier alpha value is -0.620. The highest BCUT2D eigenvalue weighted by atomic mass is 32.1. The van der Waals surface area contributed by atoms with Gasteiger partial charge in [-0.15, -0.1) is 11.3 Å². The van der Waals surface area contributed by atoms with E-state index in [0.29, 0.717) is 5.01 Å². The van der Waals surface area contributed by atoms with Crippen LogP contribution < -0.4 is 5.73 Å². The van der Waals surface area contributed by atoms with E-state index in [1.165, 1.54) is 5.38 Å². The Kier molecular flexibility index (Phi) is 2.39. The van der Waals surface area contributed by atoms with Crippen LogP contribution in [0.1, 0.15) is 16.7 Å². The second kappa shape index (κ2) is 3.02. The smallest absolute Gasteiger partial charge is 0.315 e. The zero-order valence-corrected chi connectivity index (χ0v) is 7.04. The van der Waals surface area contributed by atoms with E-state index < -0.39 is 12.2 Å². The molecule has 0 aliphatic heterocycles. The summed E-state index contributed by atoms with van der Waals surface area (Å²) < 4.78 is 36.0. The van der Waals surface area contributed by atoms with Gasteiger partial charge in [0.05, 0.1) is 10.7 Å². The first-order valence-electron chi connectivity index (χ1n) is 3.15. The molecule has 0 aliphatic rings. The molecule has 1 aromatic heterocycles. The maximum absolute atomic E-state index is 12.0. The van der Waals surface area contributed by atoms with Crippen LogP contribution in [0.25, 0.3) is 0 Å². The minimum Gasteiger partial charge on any atom is -0.315 e. The lowest BCUT2D eigenvalue weighted by molar-refractivity contribution is -0.149. The lowest BCUT2D eigenvalue weighted by Crippen LogP contribution is -2.28. The fraction of sp³-hybridized carbons (Fsp3) is 0.500. The number of nitrogens with two attached hydrogens (primary N) is 1. The van der Waals surface area contributed by atoms with Crippen LogP contribution in [0.2, 0.25) is 0 Å². The predicted octanol–water partition coefficient (Wildman–Crippen LogP) is 2.01. The van der Waals surface area contributed by atoms with E-state index in [-0.39, 0.29) is 5.69 Å². The molecule has 12 heavy (non-hydrogen) atoms. The molecule has 0 aromatic carbocycles. The van der Waals surface area contributed by atoms with Gasteiger partial charge in [-0.2, -0.15) is 13.2 Å². The maximum atomic E-state index is 12.0. The van der Waals surface area contributed by atoms with Gasteiger partial charge in [0.2, 0.25) is 0 Å². The second-order valence-electron chi connectivity index (χ2n) is 2.31. The molecule has 0 unspecified atom stereocenters. The summed E-state index contributed by atoms with van der Waals surface area (Å²) >= 11 is 1.16. The highest BCUT2D eigenvalue weighted by Gasteiger charge is 2.39. The van der Waals surface area contributed by atoms with Crippen molar-refractivity contribution in [1.82, 2.24) is 4.98 Å². The molecule has 2 N–H and O–H groups in total. The normalized spacial score (nSPS) is 14.8. The summed E-state index contributed by atoms with van der Waals surface area (Å²) in [4.78, 5) is 3.65. The second-order valence-corrected chi connectivity index (χ2v) is 3.37. The topological polar surface area (TPSA) is 38.9 Å². The standard InChI is InChI=1S/C6H7F3N2S/c1-3-11-4(2-12-3)5(10)6(7,8)9/h2,5H,10H2,1H3/t5-/m0/s1. The summed E-state index contributed by atoms with van der Waals surface area (Å²) in [5.41, 5.74) is 4.80. The summed E-state index contributed by atoms with van der Waals surface area (Å²) in [6.07, 6.45) is -4.40. The van der Waals surface area contributed by atoms with E-state index in [1.807, 2.05) is 0 Å². The molecule has 68 valence electrons. The Morgan fingerprint density at radius 2 is 2.17 bits per heavy atom. The van der Waals surface area contributed by atoms with Crippen molar-refractivity contribution in [3.8, 4) is 0 Å². The van der Waals surface area contributed by atoms with Crippen LogP contribution in [0.3, 0.4) is 0 Å². The quantitative estimate of drug-likeness (QED) is 0.746.